The lowest BCUT2D eigenvalue weighted by molar-refractivity contribution is 0.0242. The normalized spacial score (nSPS) is 20.5. The third-order valence-corrected chi connectivity index (χ3v) is 3.69. The van der Waals surface area contributed by atoms with Crippen LogP contribution in [0.25, 0.3) is 0 Å². The first-order valence-corrected chi connectivity index (χ1v) is 8.08. The molecule has 1 atom stereocenters. The largest absolute Gasteiger partial charge is 0.444 e. The molecule has 1 aromatic carbocycles. The van der Waals surface area contributed by atoms with E-state index >= 15 is 0 Å². The summed E-state index contributed by atoms with van der Waals surface area (Å²) < 4.78 is 5.50. The van der Waals surface area contributed by atoms with Gasteiger partial charge in [0, 0.05) is 32.7 Å². The van der Waals surface area contributed by atoms with Gasteiger partial charge in [0.2, 0.25) is 0 Å². The summed E-state index contributed by atoms with van der Waals surface area (Å²) in [6.07, 6.45) is -0.194. The van der Waals surface area contributed by atoms with Crippen molar-refractivity contribution in [1.82, 2.24) is 9.80 Å². The smallest absolute Gasteiger partial charge is 0.410 e. The fourth-order valence-corrected chi connectivity index (χ4v) is 2.80. The predicted molar refractivity (Wildman–Crippen MR) is 88.7 cm³/mol. The van der Waals surface area contributed by atoms with E-state index in [1.165, 1.54) is 5.56 Å². The van der Waals surface area contributed by atoms with E-state index < -0.39 is 5.60 Å². The van der Waals surface area contributed by atoms with Crippen molar-refractivity contribution in [2.45, 2.75) is 39.8 Å². The van der Waals surface area contributed by atoms with E-state index in [0.29, 0.717) is 5.92 Å². The van der Waals surface area contributed by atoms with Crippen molar-refractivity contribution in [3.8, 4) is 0 Å². The molecular weight excluding hydrogens is 276 g/mol. The van der Waals surface area contributed by atoms with Crippen LogP contribution in [-0.2, 0) is 11.3 Å². The first kappa shape index (κ1) is 16.8. The standard InChI is InChI=1S/C18H28N2O2/c1-15-12-19(14-16-8-6-5-7-9-16)10-11-20(13-15)17(21)22-18(2,3)4/h5-9,15H,10-14H2,1-4H3. The molecule has 1 heterocycles. The number of carbonyl (C=O) groups excluding carboxylic acids is 1. The monoisotopic (exact) mass is 304 g/mol. The summed E-state index contributed by atoms with van der Waals surface area (Å²) in [5, 5.41) is 0. The molecule has 0 bridgehead atoms. The molecule has 0 radical (unpaired) electrons. The predicted octanol–water partition coefficient (Wildman–Crippen LogP) is 3.38. The fourth-order valence-electron chi connectivity index (χ4n) is 2.80. The van der Waals surface area contributed by atoms with Crippen molar-refractivity contribution < 1.29 is 9.53 Å². The molecule has 122 valence electrons. The summed E-state index contributed by atoms with van der Waals surface area (Å²) in [6.45, 7) is 12.3. The van der Waals surface area contributed by atoms with Crippen molar-refractivity contribution in [1.29, 1.82) is 0 Å². The molecule has 0 aliphatic carbocycles. The number of hydrogen-bond acceptors (Lipinski definition) is 3. The summed E-state index contributed by atoms with van der Waals surface area (Å²) in [5.41, 5.74) is 0.886. The Bertz CT molecular complexity index is 482. The van der Waals surface area contributed by atoms with Crippen LogP contribution in [0.2, 0.25) is 0 Å². The zero-order chi connectivity index (χ0) is 16.2. The minimum atomic E-state index is -0.434. The van der Waals surface area contributed by atoms with Gasteiger partial charge in [0.05, 0.1) is 0 Å². The van der Waals surface area contributed by atoms with Gasteiger partial charge in [-0.15, -0.1) is 0 Å². The van der Waals surface area contributed by atoms with Gasteiger partial charge in [0.25, 0.3) is 0 Å². The SMILES string of the molecule is CC1CN(Cc2ccccc2)CCN(C(=O)OC(C)(C)C)C1. The lowest BCUT2D eigenvalue weighted by Gasteiger charge is -2.27. The van der Waals surface area contributed by atoms with E-state index in [1.807, 2.05) is 31.7 Å². The maximum Gasteiger partial charge on any atom is 0.410 e. The summed E-state index contributed by atoms with van der Waals surface area (Å²) >= 11 is 0. The molecule has 1 aliphatic heterocycles. The molecule has 1 saturated heterocycles. The Balaban J connectivity index is 1.94. The third-order valence-electron chi connectivity index (χ3n) is 3.69. The van der Waals surface area contributed by atoms with Crippen molar-refractivity contribution in [3.05, 3.63) is 35.9 Å². The second kappa shape index (κ2) is 7.14. The number of nitrogens with zero attached hydrogens (tertiary/aromatic N) is 2. The lowest BCUT2D eigenvalue weighted by atomic mass is 10.1. The average Bonchev–Trinajstić information content (AvgIpc) is 2.60. The molecule has 0 N–H and O–H groups in total. The number of carbonyl (C=O) groups is 1. The molecule has 2 rings (SSSR count). The molecule has 4 nitrogen and oxygen atoms in total. The Labute approximate surface area is 134 Å². The molecule has 4 heteroatoms. The fraction of sp³-hybridized carbons (Fsp3) is 0.611. The Morgan fingerprint density at radius 1 is 1.18 bits per heavy atom. The molecule has 1 amide bonds. The van der Waals surface area contributed by atoms with Gasteiger partial charge >= 0.3 is 6.09 Å². The Morgan fingerprint density at radius 3 is 2.50 bits per heavy atom. The van der Waals surface area contributed by atoms with Gasteiger partial charge in [0.1, 0.15) is 5.60 Å². The van der Waals surface area contributed by atoms with Gasteiger partial charge in [-0.25, -0.2) is 4.79 Å². The number of rotatable bonds is 2. The first-order chi connectivity index (χ1) is 10.3. The zero-order valence-corrected chi connectivity index (χ0v) is 14.2. The van der Waals surface area contributed by atoms with E-state index in [9.17, 15) is 4.79 Å². The summed E-state index contributed by atoms with van der Waals surface area (Å²) in [6, 6.07) is 10.5. The third kappa shape index (κ3) is 5.34. The molecule has 0 spiro atoms. The highest BCUT2D eigenvalue weighted by atomic mass is 16.6. The van der Waals surface area contributed by atoms with E-state index in [-0.39, 0.29) is 6.09 Å². The molecular formula is C18H28N2O2. The maximum atomic E-state index is 12.3. The molecule has 1 unspecified atom stereocenters. The Kier molecular flexibility index (Phi) is 5.46. The van der Waals surface area contributed by atoms with Gasteiger partial charge in [-0.3, -0.25) is 4.90 Å². The van der Waals surface area contributed by atoms with Gasteiger partial charge in [-0.1, -0.05) is 37.3 Å². The van der Waals surface area contributed by atoms with Crippen molar-refractivity contribution >= 4 is 6.09 Å². The van der Waals surface area contributed by atoms with E-state index in [4.69, 9.17) is 4.74 Å². The molecule has 1 aromatic rings. The van der Waals surface area contributed by atoms with Crippen LogP contribution in [0.3, 0.4) is 0 Å². The minimum absolute atomic E-state index is 0.194. The molecule has 1 fully saturated rings. The van der Waals surface area contributed by atoms with Gasteiger partial charge in [-0.2, -0.15) is 0 Å². The van der Waals surface area contributed by atoms with E-state index in [0.717, 1.165) is 32.7 Å². The molecule has 0 aromatic heterocycles. The lowest BCUT2D eigenvalue weighted by Crippen LogP contribution is -2.39. The van der Waals surface area contributed by atoms with Crippen molar-refractivity contribution in [3.63, 3.8) is 0 Å². The van der Waals surface area contributed by atoms with Crippen molar-refractivity contribution in [2.24, 2.45) is 5.92 Å². The first-order valence-electron chi connectivity index (χ1n) is 8.08. The summed E-state index contributed by atoms with van der Waals surface area (Å²) in [4.78, 5) is 16.5. The van der Waals surface area contributed by atoms with Crippen LogP contribution >= 0.6 is 0 Å². The second-order valence-electron chi connectivity index (χ2n) is 7.25. The zero-order valence-electron chi connectivity index (χ0n) is 14.2. The quantitative estimate of drug-likeness (QED) is 0.840. The maximum absolute atomic E-state index is 12.3. The number of amides is 1. The van der Waals surface area contributed by atoms with Crippen LogP contribution in [-0.4, -0.2) is 47.7 Å². The van der Waals surface area contributed by atoms with Crippen LogP contribution < -0.4 is 0 Å². The summed E-state index contributed by atoms with van der Waals surface area (Å²) in [7, 11) is 0. The molecule has 1 aliphatic rings. The van der Waals surface area contributed by atoms with Gasteiger partial charge in [0.15, 0.2) is 0 Å². The molecule has 0 saturated carbocycles. The van der Waals surface area contributed by atoms with E-state index in [2.05, 4.69) is 36.1 Å². The Hall–Kier alpha value is -1.55. The Morgan fingerprint density at radius 2 is 1.86 bits per heavy atom. The van der Waals surface area contributed by atoms with Gasteiger partial charge in [-0.05, 0) is 32.3 Å². The van der Waals surface area contributed by atoms with Crippen LogP contribution in [0.5, 0.6) is 0 Å². The minimum Gasteiger partial charge on any atom is -0.444 e. The second-order valence-corrected chi connectivity index (χ2v) is 7.25. The van der Waals surface area contributed by atoms with Crippen LogP contribution in [0.1, 0.15) is 33.3 Å². The highest BCUT2D eigenvalue weighted by molar-refractivity contribution is 5.68. The van der Waals surface area contributed by atoms with Crippen LogP contribution in [0.15, 0.2) is 30.3 Å². The highest BCUT2D eigenvalue weighted by Gasteiger charge is 2.27. The van der Waals surface area contributed by atoms with Crippen molar-refractivity contribution in [2.75, 3.05) is 26.2 Å². The van der Waals surface area contributed by atoms with E-state index in [1.54, 1.807) is 0 Å². The number of hydrogen-bond donors (Lipinski definition) is 0. The van der Waals surface area contributed by atoms with Crippen LogP contribution in [0.4, 0.5) is 4.79 Å². The number of benzene rings is 1. The average molecular weight is 304 g/mol. The van der Waals surface area contributed by atoms with Gasteiger partial charge < -0.3 is 9.64 Å². The number of ether oxygens (including phenoxy) is 1. The molecule has 22 heavy (non-hydrogen) atoms. The summed E-state index contributed by atoms with van der Waals surface area (Å²) in [5.74, 6) is 0.443. The topological polar surface area (TPSA) is 32.8 Å². The highest BCUT2D eigenvalue weighted by Crippen LogP contribution is 2.16. The van der Waals surface area contributed by atoms with Crippen LogP contribution in [0, 0.1) is 5.92 Å².